The van der Waals surface area contributed by atoms with Gasteiger partial charge in [-0.2, -0.15) is 0 Å². The van der Waals surface area contributed by atoms with Crippen molar-refractivity contribution in [3.63, 3.8) is 0 Å². The van der Waals surface area contributed by atoms with Crippen LogP contribution in [0.15, 0.2) is 53.7 Å². The van der Waals surface area contributed by atoms with E-state index in [-0.39, 0.29) is 29.0 Å². The second-order valence-electron chi connectivity index (χ2n) is 4.47. The van der Waals surface area contributed by atoms with Crippen LogP contribution in [-0.4, -0.2) is 17.6 Å². The Morgan fingerprint density at radius 2 is 1.95 bits per heavy atom. The Balaban J connectivity index is 2.19. The number of nitrogens with one attached hydrogen (secondary N) is 1. The van der Waals surface area contributed by atoms with Crippen LogP contribution in [0.25, 0.3) is 0 Å². The summed E-state index contributed by atoms with van der Waals surface area (Å²) in [4.78, 5) is 0. The molecule has 0 bridgehead atoms. The van der Waals surface area contributed by atoms with Crippen LogP contribution in [0.4, 0.5) is 10.1 Å². The first kappa shape index (κ1) is 15.1. The zero-order valence-electron chi connectivity index (χ0n) is 11.1. The van der Waals surface area contributed by atoms with Gasteiger partial charge in [-0.1, -0.05) is 53.2 Å². The summed E-state index contributed by atoms with van der Waals surface area (Å²) in [5.74, 6) is -0.851. The average Bonchev–Trinajstić information content (AvgIpc) is 2.52. The van der Waals surface area contributed by atoms with Crippen LogP contribution in [0.1, 0.15) is 11.5 Å². The molecule has 4 N–H and O–H groups in total. The van der Waals surface area contributed by atoms with E-state index in [4.69, 9.17) is 22.5 Å². The van der Waals surface area contributed by atoms with Crippen molar-refractivity contribution in [2.75, 3.05) is 11.9 Å². The van der Waals surface area contributed by atoms with Crippen molar-refractivity contribution in [3.8, 4) is 0 Å². The fourth-order valence-corrected chi connectivity index (χ4v) is 2.18. The molecule has 6 heteroatoms. The first-order valence-electron chi connectivity index (χ1n) is 6.33. The third-order valence-electron chi connectivity index (χ3n) is 3.12. The highest BCUT2D eigenvalue weighted by Gasteiger charge is 2.17. The Bertz CT molecular complexity index is 634. The van der Waals surface area contributed by atoms with Crippen molar-refractivity contribution in [1.29, 1.82) is 0 Å². The molecule has 0 radical (unpaired) electrons. The Hall–Kier alpha value is -2.27. The topological polar surface area (TPSA) is 70.6 Å². The molecule has 2 aromatic carbocycles. The third-order valence-corrected chi connectivity index (χ3v) is 3.41. The number of anilines is 1. The minimum Gasteiger partial charge on any atom is -0.409 e. The van der Waals surface area contributed by atoms with Crippen LogP contribution in [0.3, 0.4) is 0 Å². The van der Waals surface area contributed by atoms with Crippen molar-refractivity contribution in [2.45, 2.75) is 5.92 Å². The molecule has 0 aliphatic carbocycles. The Kier molecular flexibility index (Phi) is 5.00. The van der Waals surface area contributed by atoms with Crippen molar-refractivity contribution >= 4 is 23.1 Å². The number of nitrogens with two attached hydrogens (primary N) is 1. The van der Waals surface area contributed by atoms with Gasteiger partial charge in [0.15, 0.2) is 5.82 Å². The minimum absolute atomic E-state index is 0.0417. The van der Waals surface area contributed by atoms with Crippen molar-refractivity contribution in [1.82, 2.24) is 0 Å². The number of benzene rings is 2. The zero-order valence-corrected chi connectivity index (χ0v) is 11.9. The third kappa shape index (κ3) is 3.64. The van der Waals surface area contributed by atoms with E-state index >= 15 is 0 Å². The Morgan fingerprint density at radius 3 is 2.62 bits per heavy atom. The molecular weight excluding hydrogens is 293 g/mol. The molecule has 1 atom stereocenters. The average molecular weight is 308 g/mol. The summed E-state index contributed by atoms with van der Waals surface area (Å²) in [5, 5.41) is 14.9. The van der Waals surface area contributed by atoms with Crippen LogP contribution in [-0.2, 0) is 0 Å². The lowest BCUT2D eigenvalue weighted by atomic mass is 9.98. The molecule has 0 aliphatic heterocycles. The van der Waals surface area contributed by atoms with Crippen molar-refractivity contribution in [2.24, 2.45) is 10.9 Å². The number of hydrogen-bond acceptors (Lipinski definition) is 3. The van der Waals surface area contributed by atoms with E-state index in [1.165, 1.54) is 6.07 Å². The van der Waals surface area contributed by atoms with E-state index in [9.17, 15) is 4.39 Å². The maximum absolute atomic E-state index is 13.8. The standard InChI is InChI=1S/C15H15ClFN3O/c16-12-7-4-8-13(14(12)17)19-9-11(15(18)20-21)10-5-2-1-3-6-10/h1-8,11,19,21H,9H2,(H2,18,20). The van der Waals surface area contributed by atoms with Gasteiger partial charge in [-0.25, -0.2) is 4.39 Å². The first-order chi connectivity index (χ1) is 10.1. The highest BCUT2D eigenvalue weighted by Crippen LogP contribution is 2.23. The number of halogens is 2. The molecule has 0 aromatic heterocycles. The number of hydrogen-bond donors (Lipinski definition) is 3. The molecule has 0 fully saturated rings. The lowest BCUT2D eigenvalue weighted by Crippen LogP contribution is -2.28. The maximum Gasteiger partial charge on any atom is 0.164 e. The van der Waals surface area contributed by atoms with Gasteiger partial charge in [-0.05, 0) is 17.7 Å². The van der Waals surface area contributed by atoms with Crippen LogP contribution in [0.2, 0.25) is 5.02 Å². The molecule has 21 heavy (non-hydrogen) atoms. The first-order valence-corrected chi connectivity index (χ1v) is 6.71. The predicted molar refractivity (Wildman–Crippen MR) is 82.5 cm³/mol. The SMILES string of the molecule is NC(=NO)C(CNc1cccc(Cl)c1F)c1ccccc1. The van der Waals surface area contributed by atoms with Gasteiger partial charge in [0.2, 0.25) is 0 Å². The van der Waals surface area contributed by atoms with E-state index < -0.39 is 5.82 Å². The summed E-state index contributed by atoms with van der Waals surface area (Å²) in [5.41, 5.74) is 6.86. The van der Waals surface area contributed by atoms with Gasteiger partial charge in [-0.15, -0.1) is 0 Å². The van der Waals surface area contributed by atoms with Gasteiger partial charge in [-0.3, -0.25) is 0 Å². The summed E-state index contributed by atoms with van der Waals surface area (Å²) < 4.78 is 13.8. The fourth-order valence-electron chi connectivity index (χ4n) is 2.00. The molecule has 0 amide bonds. The van der Waals surface area contributed by atoms with Crippen molar-refractivity contribution < 1.29 is 9.60 Å². The van der Waals surface area contributed by atoms with Crippen LogP contribution in [0, 0.1) is 5.82 Å². The van der Waals surface area contributed by atoms with Crippen LogP contribution >= 0.6 is 11.6 Å². The number of amidine groups is 1. The molecule has 0 saturated carbocycles. The van der Waals surface area contributed by atoms with Crippen molar-refractivity contribution in [3.05, 3.63) is 64.9 Å². The van der Waals surface area contributed by atoms with Gasteiger partial charge < -0.3 is 16.3 Å². The quantitative estimate of drug-likeness (QED) is 0.343. The molecule has 0 heterocycles. The highest BCUT2D eigenvalue weighted by atomic mass is 35.5. The Morgan fingerprint density at radius 1 is 1.24 bits per heavy atom. The number of nitrogens with zero attached hydrogens (tertiary/aromatic N) is 1. The molecule has 2 aromatic rings. The minimum atomic E-state index is -0.523. The second kappa shape index (κ2) is 6.95. The number of rotatable bonds is 5. The largest absolute Gasteiger partial charge is 0.409 e. The summed E-state index contributed by atoms with van der Waals surface area (Å²) in [6.45, 7) is 0.275. The van der Waals surface area contributed by atoms with Gasteiger partial charge in [0, 0.05) is 6.54 Å². The van der Waals surface area contributed by atoms with E-state index in [2.05, 4.69) is 10.5 Å². The zero-order chi connectivity index (χ0) is 15.2. The summed E-state index contributed by atoms with van der Waals surface area (Å²) >= 11 is 5.73. The van der Waals surface area contributed by atoms with E-state index in [0.29, 0.717) is 0 Å². The normalized spacial score (nSPS) is 13.0. The van der Waals surface area contributed by atoms with Crippen LogP contribution in [0.5, 0.6) is 0 Å². The fraction of sp³-hybridized carbons (Fsp3) is 0.133. The monoisotopic (exact) mass is 307 g/mol. The van der Waals surface area contributed by atoms with Gasteiger partial charge in [0.1, 0.15) is 5.84 Å². The van der Waals surface area contributed by atoms with E-state index in [1.54, 1.807) is 12.1 Å². The number of oxime groups is 1. The molecule has 1 unspecified atom stereocenters. The van der Waals surface area contributed by atoms with Gasteiger partial charge in [0.25, 0.3) is 0 Å². The lowest BCUT2D eigenvalue weighted by molar-refractivity contribution is 0.316. The lowest BCUT2D eigenvalue weighted by Gasteiger charge is -2.18. The smallest absolute Gasteiger partial charge is 0.164 e. The molecule has 110 valence electrons. The molecule has 0 aliphatic rings. The van der Waals surface area contributed by atoms with E-state index in [0.717, 1.165) is 5.56 Å². The van der Waals surface area contributed by atoms with Gasteiger partial charge >= 0.3 is 0 Å². The Labute approximate surface area is 127 Å². The summed E-state index contributed by atoms with van der Waals surface area (Å²) in [6.07, 6.45) is 0. The van der Waals surface area contributed by atoms with E-state index in [1.807, 2.05) is 30.3 Å². The molecule has 2 rings (SSSR count). The molecule has 0 spiro atoms. The predicted octanol–water partition coefficient (Wildman–Crippen LogP) is 3.42. The van der Waals surface area contributed by atoms with Crippen LogP contribution < -0.4 is 11.1 Å². The maximum atomic E-state index is 13.8. The van der Waals surface area contributed by atoms with Gasteiger partial charge in [0.05, 0.1) is 16.6 Å². The summed E-state index contributed by atoms with van der Waals surface area (Å²) in [6, 6.07) is 14.0. The second-order valence-corrected chi connectivity index (χ2v) is 4.88. The summed E-state index contributed by atoms with van der Waals surface area (Å²) in [7, 11) is 0. The molecular formula is C15H15ClFN3O. The highest BCUT2D eigenvalue weighted by molar-refractivity contribution is 6.31. The molecule has 0 saturated heterocycles. The molecule has 4 nitrogen and oxygen atoms in total.